The first-order valence-electron chi connectivity index (χ1n) is 9.53. The Morgan fingerprint density at radius 3 is 2.79 bits per heavy atom. The van der Waals surface area contributed by atoms with Crippen molar-refractivity contribution in [1.82, 2.24) is 20.1 Å². The standard InChI is InChI=1S/C23H24N4O/c1-16-8-9-20-19(13-25-22(20)12-16)10-11-24-23(28)21-14-26-27(17(21)2)15-18-6-4-3-5-7-18/h3-9,12-14,25H,10-11,15H2,1-2H3,(H,24,28). The number of fused-ring (bicyclic) bond motifs is 1. The predicted molar refractivity (Wildman–Crippen MR) is 112 cm³/mol. The van der Waals surface area contributed by atoms with Crippen molar-refractivity contribution in [2.45, 2.75) is 26.8 Å². The lowest BCUT2D eigenvalue weighted by Gasteiger charge is -2.07. The van der Waals surface area contributed by atoms with Gasteiger partial charge in [0.1, 0.15) is 0 Å². The lowest BCUT2D eigenvalue weighted by molar-refractivity contribution is 0.0953. The largest absolute Gasteiger partial charge is 0.361 e. The summed E-state index contributed by atoms with van der Waals surface area (Å²) in [5.74, 6) is -0.0764. The smallest absolute Gasteiger partial charge is 0.254 e. The van der Waals surface area contributed by atoms with Gasteiger partial charge in [-0.2, -0.15) is 5.10 Å². The molecule has 2 aromatic carbocycles. The van der Waals surface area contributed by atoms with E-state index in [4.69, 9.17) is 0 Å². The van der Waals surface area contributed by atoms with Crippen molar-refractivity contribution in [1.29, 1.82) is 0 Å². The van der Waals surface area contributed by atoms with Crippen molar-refractivity contribution < 1.29 is 4.79 Å². The summed E-state index contributed by atoms with van der Waals surface area (Å²) in [5.41, 5.74) is 6.26. The number of aryl methyl sites for hydroxylation is 1. The molecule has 0 aliphatic rings. The summed E-state index contributed by atoms with van der Waals surface area (Å²) in [5, 5.41) is 8.63. The van der Waals surface area contributed by atoms with Crippen LogP contribution in [-0.4, -0.2) is 27.2 Å². The molecule has 0 fully saturated rings. The van der Waals surface area contributed by atoms with Crippen LogP contribution >= 0.6 is 0 Å². The molecule has 0 bridgehead atoms. The van der Waals surface area contributed by atoms with Gasteiger partial charge in [-0.15, -0.1) is 0 Å². The summed E-state index contributed by atoms with van der Waals surface area (Å²) >= 11 is 0. The highest BCUT2D eigenvalue weighted by Crippen LogP contribution is 2.19. The van der Waals surface area contributed by atoms with E-state index in [0.717, 1.165) is 23.2 Å². The molecule has 5 nitrogen and oxygen atoms in total. The minimum atomic E-state index is -0.0764. The molecule has 0 atom stereocenters. The average molecular weight is 372 g/mol. The Hall–Kier alpha value is -3.34. The number of H-pyrrole nitrogens is 1. The van der Waals surface area contributed by atoms with E-state index in [1.807, 2.05) is 36.0 Å². The molecule has 0 saturated heterocycles. The molecular weight excluding hydrogens is 348 g/mol. The number of hydrogen-bond acceptors (Lipinski definition) is 2. The number of aromatic nitrogens is 3. The second-order valence-electron chi connectivity index (χ2n) is 7.16. The molecule has 4 rings (SSSR count). The van der Waals surface area contributed by atoms with E-state index in [1.54, 1.807) is 6.20 Å². The maximum atomic E-state index is 12.6. The number of carbonyl (C=O) groups is 1. The zero-order valence-corrected chi connectivity index (χ0v) is 16.2. The summed E-state index contributed by atoms with van der Waals surface area (Å²) < 4.78 is 1.87. The van der Waals surface area contributed by atoms with E-state index < -0.39 is 0 Å². The van der Waals surface area contributed by atoms with Crippen LogP contribution in [0.1, 0.15) is 32.7 Å². The number of nitrogens with zero attached hydrogens (tertiary/aromatic N) is 2. The Morgan fingerprint density at radius 2 is 1.96 bits per heavy atom. The number of nitrogens with one attached hydrogen (secondary N) is 2. The SMILES string of the molecule is Cc1ccc2c(CCNC(=O)c3cnn(Cc4ccccc4)c3C)c[nH]c2c1. The summed E-state index contributed by atoms with van der Waals surface area (Å²) in [4.78, 5) is 15.9. The van der Waals surface area contributed by atoms with E-state index in [9.17, 15) is 4.79 Å². The maximum Gasteiger partial charge on any atom is 0.254 e. The van der Waals surface area contributed by atoms with Crippen molar-refractivity contribution in [3.63, 3.8) is 0 Å². The summed E-state index contributed by atoms with van der Waals surface area (Å²) in [6.07, 6.45) is 4.47. The minimum Gasteiger partial charge on any atom is -0.361 e. The Balaban J connectivity index is 1.38. The topological polar surface area (TPSA) is 62.7 Å². The lowest BCUT2D eigenvalue weighted by atomic mass is 10.1. The molecule has 2 N–H and O–H groups in total. The second kappa shape index (κ2) is 7.72. The van der Waals surface area contributed by atoms with Crippen molar-refractivity contribution in [3.8, 4) is 0 Å². The minimum absolute atomic E-state index is 0.0764. The quantitative estimate of drug-likeness (QED) is 0.537. The van der Waals surface area contributed by atoms with Crippen molar-refractivity contribution in [2.24, 2.45) is 0 Å². The summed E-state index contributed by atoms with van der Waals surface area (Å²) in [6, 6.07) is 16.5. The van der Waals surface area contributed by atoms with Crippen LogP contribution in [0.4, 0.5) is 0 Å². The maximum absolute atomic E-state index is 12.6. The van der Waals surface area contributed by atoms with Crippen molar-refractivity contribution in [2.75, 3.05) is 6.54 Å². The van der Waals surface area contributed by atoms with E-state index in [2.05, 4.69) is 52.7 Å². The zero-order valence-electron chi connectivity index (χ0n) is 16.2. The van der Waals surface area contributed by atoms with Crippen LogP contribution in [0.5, 0.6) is 0 Å². The molecule has 2 aromatic heterocycles. The van der Waals surface area contributed by atoms with Gasteiger partial charge in [0.2, 0.25) is 0 Å². The van der Waals surface area contributed by atoms with Crippen molar-refractivity contribution in [3.05, 3.63) is 88.9 Å². The van der Waals surface area contributed by atoms with E-state index >= 15 is 0 Å². The molecule has 2 heterocycles. The van der Waals surface area contributed by atoms with Crippen LogP contribution in [0.2, 0.25) is 0 Å². The fraction of sp³-hybridized carbons (Fsp3) is 0.217. The molecule has 0 aliphatic carbocycles. The van der Waals surface area contributed by atoms with Gasteiger partial charge in [-0.05, 0) is 43.0 Å². The van der Waals surface area contributed by atoms with Crippen LogP contribution in [-0.2, 0) is 13.0 Å². The van der Waals surface area contributed by atoms with Gasteiger partial charge in [-0.3, -0.25) is 9.48 Å². The Kier molecular flexibility index (Phi) is 4.98. The molecule has 0 radical (unpaired) electrons. The predicted octanol–water partition coefficient (Wildman–Crippen LogP) is 4.00. The van der Waals surface area contributed by atoms with Crippen LogP contribution in [0, 0.1) is 13.8 Å². The number of rotatable bonds is 6. The number of hydrogen-bond donors (Lipinski definition) is 2. The van der Waals surface area contributed by atoms with Gasteiger partial charge >= 0.3 is 0 Å². The lowest BCUT2D eigenvalue weighted by Crippen LogP contribution is -2.26. The number of benzene rings is 2. The Labute approximate surface area is 164 Å². The third-order valence-corrected chi connectivity index (χ3v) is 5.13. The van der Waals surface area contributed by atoms with E-state index in [-0.39, 0.29) is 5.91 Å². The fourth-order valence-corrected chi connectivity index (χ4v) is 3.50. The first kappa shape index (κ1) is 18.0. The molecule has 0 saturated carbocycles. The monoisotopic (exact) mass is 372 g/mol. The van der Waals surface area contributed by atoms with E-state index in [1.165, 1.54) is 16.5 Å². The summed E-state index contributed by atoms with van der Waals surface area (Å²) in [6.45, 7) is 5.27. The highest BCUT2D eigenvalue weighted by Gasteiger charge is 2.14. The average Bonchev–Trinajstić information content (AvgIpc) is 3.26. The molecule has 142 valence electrons. The van der Waals surface area contributed by atoms with Crippen LogP contribution in [0.15, 0.2) is 60.9 Å². The normalized spacial score (nSPS) is 11.1. The molecule has 28 heavy (non-hydrogen) atoms. The molecule has 0 unspecified atom stereocenters. The zero-order chi connectivity index (χ0) is 19.5. The third-order valence-electron chi connectivity index (χ3n) is 5.13. The Bertz CT molecular complexity index is 1110. The van der Waals surface area contributed by atoms with Crippen LogP contribution in [0.3, 0.4) is 0 Å². The van der Waals surface area contributed by atoms with Crippen molar-refractivity contribution >= 4 is 16.8 Å². The van der Waals surface area contributed by atoms with Crippen LogP contribution < -0.4 is 5.32 Å². The van der Waals surface area contributed by atoms with Gasteiger partial charge < -0.3 is 10.3 Å². The Morgan fingerprint density at radius 1 is 1.14 bits per heavy atom. The number of aromatic amines is 1. The molecule has 0 spiro atoms. The second-order valence-corrected chi connectivity index (χ2v) is 7.16. The van der Waals surface area contributed by atoms with Gasteiger partial charge in [0.25, 0.3) is 5.91 Å². The summed E-state index contributed by atoms with van der Waals surface area (Å²) in [7, 11) is 0. The molecule has 0 aliphatic heterocycles. The first-order chi connectivity index (χ1) is 13.6. The van der Waals surface area contributed by atoms with E-state index in [0.29, 0.717) is 18.7 Å². The highest BCUT2D eigenvalue weighted by molar-refractivity contribution is 5.95. The number of amides is 1. The van der Waals surface area contributed by atoms with Gasteiger partial charge in [0.05, 0.1) is 18.3 Å². The van der Waals surface area contributed by atoms with Gasteiger partial charge in [-0.25, -0.2) is 0 Å². The van der Waals surface area contributed by atoms with Gasteiger partial charge in [-0.1, -0.05) is 42.5 Å². The number of carbonyl (C=O) groups excluding carboxylic acids is 1. The van der Waals surface area contributed by atoms with Gasteiger partial charge in [0, 0.05) is 29.3 Å². The molecule has 1 amide bonds. The fourth-order valence-electron chi connectivity index (χ4n) is 3.50. The third kappa shape index (κ3) is 3.69. The van der Waals surface area contributed by atoms with Crippen LogP contribution in [0.25, 0.3) is 10.9 Å². The highest BCUT2D eigenvalue weighted by atomic mass is 16.1. The molecule has 4 aromatic rings. The first-order valence-corrected chi connectivity index (χ1v) is 9.53. The molecular formula is C23H24N4O. The van der Waals surface area contributed by atoms with Gasteiger partial charge in [0.15, 0.2) is 0 Å². The molecule has 5 heteroatoms.